The van der Waals surface area contributed by atoms with E-state index in [1.54, 1.807) is 49.9 Å². The quantitative estimate of drug-likeness (QED) is 0.435. The molecule has 0 unspecified atom stereocenters. The predicted molar refractivity (Wildman–Crippen MR) is 149 cm³/mol. The average Bonchev–Trinajstić information content (AvgIpc) is 3.11. The molecule has 0 bridgehead atoms. The van der Waals surface area contributed by atoms with Crippen molar-refractivity contribution in [2.75, 3.05) is 30.3 Å². The minimum absolute atomic E-state index is 0.0784. The molecule has 38 heavy (non-hydrogen) atoms. The van der Waals surface area contributed by atoms with Crippen molar-refractivity contribution in [2.24, 2.45) is 0 Å². The van der Waals surface area contributed by atoms with Gasteiger partial charge in [-0.3, -0.25) is 14.9 Å². The summed E-state index contributed by atoms with van der Waals surface area (Å²) in [5.41, 5.74) is 1.02. The Bertz CT molecular complexity index is 1180. The molecule has 0 saturated carbocycles. The molecule has 2 heterocycles. The van der Waals surface area contributed by atoms with Gasteiger partial charge in [-0.05, 0) is 49.9 Å². The number of alkyl carbamates (subject to hydrolysis) is 1. The fourth-order valence-corrected chi connectivity index (χ4v) is 4.72. The van der Waals surface area contributed by atoms with Gasteiger partial charge in [-0.15, -0.1) is 11.3 Å². The van der Waals surface area contributed by atoms with Gasteiger partial charge in [-0.25, -0.2) is 9.59 Å². The standard InChI is InChI=1S/C27H37N5O5S/c1-26(2,3)20-15-19(23(34)32-13-11-21(33)28-12-14-32)22(38-20)31-24(35)30-18-9-7-17(8-10-18)16-29-25(36)37-27(4,5)6/h7-10,15H,11-14,16H2,1-6H3,(H,28,33)(H,29,36)(H2,30,31,35). The molecule has 206 valence electrons. The Morgan fingerprint density at radius 2 is 1.71 bits per heavy atom. The van der Waals surface area contributed by atoms with Gasteiger partial charge in [-0.1, -0.05) is 32.9 Å². The van der Waals surface area contributed by atoms with Crippen LogP contribution in [0.3, 0.4) is 0 Å². The van der Waals surface area contributed by atoms with Crippen LogP contribution in [0.15, 0.2) is 30.3 Å². The molecular formula is C27H37N5O5S. The SMILES string of the molecule is CC(C)(C)OC(=O)NCc1ccc(NC(=O)Nc2sc(C(C)(C)C)cc2C(=O)N2CCNC(=O)CC2)cc1. The van der Waals surface area contributed by atoms with Crippen molar-refractivity contribution in [1.82, 2.24) is 15.5 Å². The smallest absolute Gasteiger partial charge is 0.407 e. The molecule has 4 N–H and O–H groups in total. The Kier molecular flexibility index (Phi) is 9.03. The number of thiophene rings is 1. The van der Waals surface area contributed by atoms with Gasteiger partial charge in [0.05, 0.1) is 5.56 Å². The van der Waals surface area contributed by atoms with Crippen molar-refractivity contribution in [3.63, 3.8) is 0 Å². The van der Waals surface area contributed by atoms with E-state index in [4.69, 9.17) is 4.74 Å². The lowest BCUT2D eigenvalue weighted by molar-refractivity contribution is -0.120. The number of carbonyl (C=O) groups excluding carboxylic acids is 4. The summed E-state index contributed by atoms with van der Waals surface area (Å²) in [6.07, 6.45) is -0.257. The first-order valence-electron chi connectivity index (χ1n) is 12.6. The molecule has 11 heteroatoms. The molecule has 1 aromatic heterocycles. The number of hydrogen-bond donors (Lipinski definition) is 4. The third-order valence-corrected chi connectivity index (χ3v) is 7.05. The summed E-state index contributed by atoms with van der Waals surface area (Å²) in [5.74, 6) is -0.296. The first-order valence-corrected chi connectivity index (χ1v) is 13.4. The number of hydrogen-bond acceptors (Lipinski definition) is 6. The number of anilines is 2. The minimum atomic E-state index is -0.574. The van der Waals surface area contributed by atoms with Crippen LogP contribution in [0.2, 0.25) is 0 Å². The van der Waals surface area contributed by atoms with Crippen LogP contribution in [-0.4, -0.2) is 54.1 Å². The van der Waals surface area contributed by atoms with Crippen molar-refractivity contribution < 1.29 is 23.9 Å². The van der Waals surface area contributed by atoms with E-state index in [0.717, 1.165) is 10.4 Å². The molecule has 10 nitrogen and oxygen atoms in total. The Balaban J connectivity index is 1.66. The number of urea groups is 1. The van der Waals surface area contributed by atoms with E-state index in [1.807, 2.05) is 26.8 Å². The van der Waals surface area contributed by atoms with E-state index in [0.29, 0.717) is 35.9 Å². The van der Waals surface area contributed by atoms with Crippen LogP contribution in [0.5, 0.6) is 0 Å². The van der Waals surface area contributed by atoms with Crippen LogP contribution in [0.25, 0.3) is 0 Å². The number of benzene rings is 1. The minimum Gasteiger partial charge on any atom is -0.444 e. The first kappa shape index (κ1) is 29.0. The molecule has 0 radical (unpaired) electrons. The second-order valence-corrected chi connectivity index (χ2v) is 12.2. The van der Waals surface area contributed by atoms with Gasteiger partial charge >= 0.3 is 12.1 Å². The predicted octanol–water partition coefficient (Wildman–Crippen LogP) is 4.68. The summed E-state index contributed by atoms with van der Waals surface area (Å²) >= 11 is 1.36. The van der Waals surface area contributed by atoms with E-state index >= 15 is 0 Å². The van der Waals surface area contributed by atoms with Gasteiger partial charge in [0.25, 0.3) is 5.91 Å². The molecule has 1 aromatic carbocycles. The van der Waals surface area contributed by atoms with Crippen molar-refractivity contribution in [1.29, 1.82) is 0 Å². The lowest BCUT2D eigenvalue weighted by Gasteiger charge is -2.20. The molecule has 5 amide bonds. The van der Waals surface area contributed by atoms with Gasteiger partial charge in [0.2, 0.25) is 5.91 Å². The number of ether oxygens (including phenoxy) is 1. The topological polar surface area (TPSA) is 129 Å². The van der Waals surface area contributed by atoms with E-state index in [9.17, 15) is 19.2 Å². The highest BCUT2D eigenvalue weighted by molar-refractivity contribution is 7.16. The van der Waals surface area contributed by atoms with Crippen LogP contribution < -0.4 is 21.3 Å². The molecule has 2 aromatic rings. The van der Waals surface area contributed by atoms with Crippen molar-refractivity contribution in [2.45, 2.75) is 65.5 Å². The molecule has 0 aliphatic carbocycles. The normalized spacial score (nSPS) is 14.3. The highest BCUT2D eigenvalue weighted by Gasteiger charge is 2.28. The molecule has 0 atom stereocenters. The number of amides is 5. The summed E-state index contributed by atoms with van der Waals surface area (Å²) in [4.78, 5) is 52.4. The second kappa shape index (κ2) is 11.8. The van der Waals surface area contributed by atoms with E-state index in [-0.39, 0.29) is 30.2 Å². The van der Waals surface area contributed by atoms with Crippen LogP contribution >= 0.6 is 11.3 Å². The maximum absolute atomic E-state index is 13.4. The van der Waals surface area contributed by atoms with Crippen LogP contribution in [-0.2, 0) is 21.5 Å². The highest BCUT2D eigenvalue weighted by Crippen LogP contribution is 2.37. The molecule has 1 saturated heterocycles. The zero-order valence-electron chi connectivity index (χ0n) is 22.8. The number of nitrogens with one attached hydrogen (secondary N) is 4. The summed E-state index contributed by atoms with van der Waals surface area (Å²) in [5, 5.41) is 11.6. The van der Waals surface area contributed by atoms with Crippen LogP contribution in [0, 0.1) is 0 Å². The molecule has 1 fully saturated rings. The largest absolute Gasteiger partial charge is 0.444 e. The summed E-state index contributed by atoms with van der Waals surface area (Å²) in [7, 11) is 0. The van der Waals surface area contributed by atoms with Crippen LogP contribution in [0.4, 0.5) is 20.3 Å². The van der Waals surface area contributed by atoms with Gasteiger partial charge in [0.1, 0.15) is 10.6 Å². The second-order valence-electron chi connectivity index (χ2n) is 11.1. The molecule has 0 spiro atoms. The lowest BCUT2D eigenvalue weighted by Crippen LogP contribution is -2.34. The zero-order valence-corrected chi connectivity index (χ0v) is 23.6. The van der Waals surface area contributed by atoms with Crippen LogP contribution in [0.1, 0.15) is 68.8 Å². The fourth-order valence-electron chi connectivity index (χ4n) is 3.61. The van der Waals surface area contributed by atoms with E-state index in [2.05, 4.69) is 21.3 Å². The molecular weight excluding hydrogens is 506 g/mol. The van der Waals surface area contributed by atoms with Gasteiger partial charge < -0.3 is 25.6 Å². The third kappa shape index (κ3) is 8.47. The maximum atomic E-state index is 13.4. The van der Waals surface area contributed by atoms with Crippen molar-refractivity contribution in [3.05, 3.63) is 46.3 Å². The Morgan fingerprint density at radius 1 is 1.03 bits per heavy atom. The fraction of sp³-hybridized carbons (Fsp3) is 0.481. The third-order valence-electron chi connectivity index (χ3n) is 5.58. The van der Waals surface area contributed by atoms with Gasteiger partial charge in [-0.2, -0.15) is 0 Å². The molecule has 1 aliphatic heterocycles. The zero-order chi connectivity index (χ0) is 28.1. The van der Waals surface area contributed by atoms with Crippen molar-refractivity contribution in [3.8, 4) is 0 Å². The van der Waals surface area contributed by atoms with Gasteiger partial charge in [0, 0.05) is 43.2 Å². The summed E-state index contributed by atoms with van der Waals surface area (Å²) in [6, 6.07) is 8.39. The first-order chi connectivity index (χ1) is 17.7. The van der Waals surface area contributed by atoms with E-state index < -0.39 is 17.7 Å². The number of nitrogens with zero attached hydrogens (tertiary/aromatic N) is 1. The summed E-state index contributed by atoms with van der Waals surface area (Å²) < 4.78 is 5.23. The van der Waals surface area contributed by atoms with E-state index in [1.165, 1.54) is 11.3 Å². The maximum Gasteiger partial charge on any atom is 0.407 e. The number of carbonyl (C=O) groups is 4. The summed E-state index contributed by atoms with van der Waals surface area (Å²) in [6.45, 7) is 12.9. The number of rotatable bonds is 5. The molecule has 3 rings (SSSR count). The Hall–Kier alpha value is -3.60. The average molecular weight is 544 g/mol. The van der Waals surface area contributed by atoms with Gasteiger partial charge in [0.15, 0.2) is 0 Å². The Labute approximate surface area is 227 Å². The monoisotopic (exact) mass is 543 g/mol. The molecule has 1 aliphatic rings. The lowest BCUT2D eigenvalue weighted by atomic mass is 9.94. The Morgan fingerprint density at radius 3 is 2.34 bits per heavy atom. The van der Waals surface area contributed by atoms with Crippen molar-refractivity contribution >= 4 is 46.0 Å². The highest BCUT2D eigenvalue weighted by atomic mass is 32.1.